The number of nitrogens with one attached hydrogen (secondary N) is 2. The monoisotopic (exact) mass is 240 g/mol. The smallest absolute Gasteiger partial charge is 0.166 e. The number of rotatable bonds is 4. The molecule has 0 bridgehead atoms. The summed E-state index contributed by atoms with van der Waals surface area (Å²) in [6.07, 6.45) is 1.06. The summed E-state index contributed by atoms with van der Waals surface area (Å²) >= 11 is 5.19. The van der Waals surface area contributed by atoms with Gasteiger partial charge in [0.25, 0.3) is 0 Å². The Morgan fingerprint density at radius 3 is 2.81 bits per heavy atom. The maximum Gasteiger partial charge on any atom is 0.166 e. The van der Waals surface area contributed by atoms with Crippen LogP contribution in [0, 0.1) is 6.92 Å². The average molecular weight is 240 g/mol. The Kier molecular flexibility index (Phi) is 4.73. The number of aromatic nitrogens is 2. The number of nitrogens with zero attached hydrogens (tertiary/aromatic N) is 2. The topological polar surface area (TPSA) is 41.9 Å². The Morgan fingerprint density at radius 1 is 1.62 bits per heavy atom. The molecule has 0 radical (unpaired) electrons. The Bertz CT molecular complexity index is 359. The summed E-state index contributed by atoms with van der Waals surface area (Å²) in [5, 5.41) is 11.4. The molecule has 16 heavy (non-hydrogen) atoms. The molecule has 0 saturated carbocycles. The summed E-state index contributed by atoms with van der Waals surface area (Å²) in [7, 11) is 1.94. The van der Waals surface area contributed by atoms with E-state index in [1.54, 1.807) is 0 Å². The van der Waals surface area contributed by atoms with Gasteiger partial charge in [-0.15, -0.1) is 0 Å². The van der Waals surface area contributed by atoms with Gasteiger partial charge in [-0.3, -0.25) is 4.68 Å². The van der Waals surface area contributed by atoms with Gasteiger partial charge in [0.05, 0.1) is 17.9 Å². The SMILES string of the molecule is CCC(C)NC(=S)NCc1cc(C)nn1C. The first-order valence-electron chi connectivity index (χ1n) is 5.56. The first kappa shape index (κ1) is 13.0. The summed E-state index contributed by atoms with van der Waals surface area (Å²) in [5.74, 6) is 0. The second-order valence-electron chi connectivity index (χ2n) is 4.04. The van der Waals surface area contributed by atoms with Crippen molar-refractivity contribution in [3.63, 3.8) is 0 Å². The standard InChI is InChI=1S/C11H20N4S/c1-5-8(2)13-11(16)12-7-10-6-9(3)14-15(10)4/h6,8H,5,7H2,1-4H3,(H2,12,13,16). The van der Waals surface area contributed by atoms with E-state index in [-0.39, 0.29) is 0 Å². The molecular weight excluding hydrogens is 220 g/mol. The van der Waals surface area contributed by atoms with Gasteiger partial charge < -0.3 is 10.6 Å². The summed E-state index contributed by atoms with van der Waals surface area (Å²) in [6.45, 7) is 6.94. The number of hydrogen-bond donors (Lipinski definition) is 2. The minimum Gasteiger partial charge on any atom is -0.360 e. The van der Waals surface area contributed by atoms with Crippen LogP contribution >= 0.6 is 12.2 Å². The molecule has 1 unspecified atom stereocenters. The highest BCUT2D eigenvalue weighted by Gasteiger charge is 2.04. The Morgan fingerprint density at radius 2 is 2.31 bits per heavy atom. The molecule has 0 amide bonds. The molecule has 1 aromatic rings. The number of thiocarbonyl (C=S) groups is 1. The third-order valence-electron chi connectivity index (χ3n) is 2.52. The van der Waals surface area contributed by atoms with Crippen molar-refractivity contribution in [2.75, 3.05) is 0 Å². The van der Waals surface area contributed by atoms with E-state index in [2.05, 4.69) is 35.6 Å². The Labute approximate surface area is 102 Å². The lowest BCUT2D eigenvalue weighted by Gasteiger charge is -2.15. The lowest BCUT2D eigenvalue weighted by Crippen LogP contribution is -2.40. The normalized spacial score (nSPS) is 12.2. The molecule has 1 rings (SSSR count). The third-order valence-corrected chi connectivity index (χ3v) is 2.78. The van der Waals surface area contributed by atoms with Crippen LogP contribution < -0.4 is 10.6 Å². The fourth-order valence-corrected chi connectivity index (χ4v) is 1.65. The Hall–Kier alpha value is -1.10. The van der Waals surface area contributed by atoms with Crippen molar-refractivity contribution in [2.45, 2.75) is 39.8 Å². The quantitative estimate of drug-likeness (QED) is 0.783. The second kappa shape index (κ2) is 5.84. The van der Waals surface area contributed by atoms with Crippen LogP contribution in [0.5, 0.6) is 0 Å². The van der Waals surface area contributed by atoms with Gasteiger partial charge in [0.2, 0.25) is 0 Å². The van der Waals surface area contributed by atoms with E-state index in [9.17, 15) is 0 Å². The minimum absolute atomic E-state index is 0.410. The zero-order chi connectivity index (χ0) is 12.1. The van der Waals surface area contributed by atoms with Crippen molar-refractivity contribution in [1.29, 1.82) is 0 Å². The fraction of sp³-hybridized carbons (Fsp3) is 0.636. The molecule has 5 heteroatoms. The van der Waals surface area contributed by atoms with Crippen LogP contribution in [0.2, 0.25) is 0 Å². The molecule has 0 fully saturated rings. The zero-order valence-electron chi connectivity index (χ0n) is 10.4. The van der Waals surface area contributed by atoms with Gasteiger partial charge in [0.15, 0.2) is 5.11 Å². The Balaban J connectivity index is 2.40. The second-order valence-corrected chi connectivity index (χ2v) is 4.45. The lowest BCUT2D eigenvalue weighted by atomic mass is 10.3. The molecule has 0 saturated heterocycles. The van der Waals surface area contributed by atoms with E-state index >= 15 is 0 Å². The molecule has 0 aromatic carbocycles. The lowest BCUT2D eigenvalue weighted by molar-refractivity contribution is 0.625. The van der Waals surface area contributed by atoms with Crippen molar-refractivity contribution >= 4 is 17.3 Å². The maximum atomic E-state index is 5.19. The number of aryl methyl sites for hydroxylation is 2. The highest BCUT2D eigenvalue weighted by molar-refractivity contribution is 7.80. The molecule has 1 heterocycles. The van der Waals surface area contributed by atoms with Gasteiger partial charge in [-0.05, 0) is 38.6 Å². The molecule has 4 nitrogen and oxygen atoms in total. The molecule has 1 aromatic heterocycles. The predicted molar refractivity (Wildman–Crippen MR) is 70.3 cm³/mol. The summed E-state index contributed by atoms with van der Waals surface area (Å²) in [5.41, 5.74) is 2.16. The molecule has 1 atom stereocenters. The van der Waals surface area contributed by atoms with Crippen molar-refractivity contribution in [3.8, 4) is 0 Å². The zero-order valence-corrected chi connectivity index (χ0v) is 11.2. The third kappa shape index (κ3) is 3.81. The van der Waals surface area contributed by atoms with Crippen LogP contribution in [0.3, 0.4) is 0 Å². The summed E-state index contributed by atoms with van der Waals surface area (Å²) < 4.78 is 1.87. The van der Waals surface area contributed by atoms with Gasteiger partial charge in [0, 0.05) is 13.1 Å². The molecule has 0 aliphatic heterocycles. The molecule has 0 spiro atoms. The molecule has 90 valence electrons. The van der Waals surface area contributed by atoms with Crippen LogP contribution in [-0.4, -0.2) is 20.9 Å². The largest absolute Gasteiger partial charge is 0.360 e. The molecular formula is C11H20N4S. The van der Waals surface area contributed by atoms with Gasteiger partial charge in [-0.1, -0.05) is 6.92 Å². The van der Waals surface area contributed by atoms with Crippen LogP contribution in [0.25, 0.3) is 0 Å². The van der Waals surface area contributed by atoms with Crippen molar-refractivity contribution in [3.05, 3.63) is 17.5 Å². The van der Waals surface area contributed by atoms with Crippen LogP contribution in [0.4, 0.5) is 0 Å². The van der Waals surface area contributed by atoms with E-state index in [0.717, 1.165) is 17.8 Å². The summed E-state index contributed by atoms with van der Waals surface area (Å²) in [4.78, 5) is 0. The molecule has 0 aliphatic carbocycles. The van der Waals surface area contributed by atoms with Gasteiger partial charge >= 0.3 is 0 Å². The van der Waals surface area contributed by atoms with E-state index in [1.165, 1.54) is 0 Å². The fourth-order valence-electron chi connectivity index (χ4n) is 1.38. The predicted octanol–water partition coefficient (Wildman–Crippen LogP) is 1.49. The van der Waals surface area contributed by atoms with Crippen molar-refractivity contribution in [1.82, 2.24) is 20.4 Å². The minimum atomic E-state index is 0.410. The first-order valence-corrected chi connectivity index (χ1v) is 5.97. The van der Waals surface area contributed by atoms with Crippen molar-refractivity contribution < 1.29 is 0 Å². The highest BCUT2D eigenvalue weighted by atomic mass is 32.1. The van der Waals surface area contributed by atoms with Crippen LogP contribution in [-0.2, 0) is 13.6 Å². The highest BCUT2D eigenvalue weighted by Crippen LogP contribution is 2.00. The maximum absolute atomic E-state index is 5.19. The van der Waals surface area contributed by atoms with E-state index in [4.69, 9.17) is 12.2 Å². The van der Waals surface area contributed by atoms with Crippen molar-refractivity contribution in [2.24, 2.45) is 7.05 Å². The van der Waals surface area contributed by atoms with Gasteiger partial charge in [-0.2, -0.15) is 5.10 Å². The van der Waals surface area contributed by atoms with E-state index < -0.39 is 0 Å². The van der Waals surface area contributed by atoms with Gasteiger partial charge in [-0.25, -0.2) is 0 Å². The van der Waals surface area contributed by atoms with E-state index in [0.29, 0.717) is 17.7 Å². The molecule has 0 aliphatic rings. The number of hydrogen-bond acceptors (Lipinski definition) is 2. The average Bonchev–Trinajstić information content (AvgIpc) is 2.54. The van der Waals surface area contributed by atoms with Crippen LogP contribution in [0.1, 0.15) is 31.7 Å². The van der Waals surface area contributed by atoms with Gasteiger partial charge in [0.1, 0.15) is 0 Å². The molecule has 2 N–H and O–H groups in total. The summed E-state index contributed by atoms with van der Waals surface area (Å²) in [6, 6.07) is 2.46. The van der Waals surface area contributed by atoms with E-state index in [1.807, 2.05) is 18.7 Å². The first-order chi connectivity index (χ1) is 7.52. The van der Waals surface area contributed by atoms with Crippen LogP contribution in [0.15, 0.2) is 6.07 Å².